The summed E-state index contributed by atoms with van der Waals surface area (Å²) < 4.78 is 10.9. The molecule has 1 aliphatic rings. The number of benzene rings is 1. The summed E-state index contributed by atoms with van der Waals surface area (Å²) in [6.07, 6.45) is 6.28. The second-order valence-corrected chi connectivity index (χ2v) is 6.40. The molecule has 1 aromatic carbocycles. The summed E-state index contributed by atoms with van der Waals surface area (Å²) in [5.41, 5.74) is 7.34. The molecule has 0 atom stereocenters. The molecule has 0 bridgehead atoms. The molecule has 2 aromatic rings. The highest BCUT2D eigenvalue weighted by Crippen LogP contribution is 2.26. The lowest BCUT2D eigenvalue weighted by molar-refractivity contribution is 0.124. The summed E-state index contributed by atoms with van der Waals surface area (Å²) in [4.78, 5) is 2.51. The number of methoxy groups -OCH3 is 1. The number of rotatable bonds is 6. The van der Waals surface area contributed by atoms with Gasteiger partial charge in [-0.2, -0.15) is 0 Å². The van der Waals surface area contributed by atoms with Crippen LogP contribution in [-0.4, -0.2) is 24.1 Å². The van der Waals surface area contributed by atoms with Gasteiger partial charge in [0.05, 0.1) is 19.9 Å². The average Bonchev–Trinajstić information content (AvgIpc) is 3.08. The van der Waals surface area contributed by atoms with Gasteiger partial charge in [-0.3, -0.25) is 4.90 Å². The highest BCUT2D eigenvalue weighted by atomic mass is 16.5. The van der Waals surface area contributed by atoms with Crippen molar-refractivity contribution < 1.29 is 9.15 Å². The van der Waals surface area contributed by atoms with Gasteiger partial charge in [0.2, 0.25) is 0 Å². The summed E-state index contributed by atoms with van der Waals surface area (Å²) in [6.45, 7) is 1.74. The predicted molar refractivity (Wildman–Crippen MR) is 91.2 cm³/mol. The molecule has 1 aromatic heterocycles. The molecule has 4 nitrogen and oxygen atoms in total. The Bertz CT molecular complexity index is 589. The van der Waals surface area contributed by atoms with Gasteiger partial charge in [-0.25, -0.2) is 0 Å². The number of nitrogens with zero attached hydrogens (tertiary/aromatic N) is 1. The lowest BCUT2D eigenvalue weighted by Crippen LogP contribution is -2.40. The fraction of sp³-hybridized carbons (Fsp3) is 0.474. The molecule has 1 saturated carbocycles. The standard InChI is InChI=1S/C19H26N2O2/c1-22-18-5-2-4-15(12-18)13-21(14-19-6-3-11-23-19)17-9-7-16(20)8-10-17/h2-6,11-12,16-17H,7-10,13-14,20H2,1H3. The van der Waals surface area contributed by atoms with Crippen molar-refractivity contribution in [3.63, 3.8) is 0 Å². The van der Waals surface area contributed by atoms with Gasteiger partial charge in [-0.1, -0.05) is 12.1 Å². The highest BCUT2D eigenvalue weighted by Gasteiger charge is 2.25. The maximum atomic E-state index is 6.07. The Balaban J connectivity index is 1.73. The Kier molecular flexibility index (Phi) is 5.36. The average molecular weight is 314 g/mol. The molecule has 1 fully saturated rings. The molecule has 2 N–H and O–H groups in total. The van der Waals surface area contributed by atoms with E-state index in [-0.39, 0.29) is 0 Å². The zero-order chi connectivity index (χ0) is 16.1. The zero-order valence-corrected chi connectivity index (χ0v) is 13.8. The molecular formula is C19H26N2O2. The van der Waals surface area contributed by atoms with Crippen molar-refractivity contribution in [3.05, 3.63) is 54.0 Å². The molecular weight excluding hydrogens is 288 g/mol. The summed E-state index contributed by atoms with van der Waals surface area (Å²) in [6, 6.07) is 13.2. The van der Waals surface area contributed by atoms with Crippen molar-refractivity contribution >= 4 is 0 Å². The topological polar surface area (TPSA) is 51.6 Å². The summed E-state index contributed by atoms with van der Waals surface area (Å²) in [5.74, 6) is 1.92. The molecule has 0 amide bonds. The van der Waals surface area contributed by atoms with Crippen molar-refractivity contribution in [1.29, 1.82) is 0 Å². The molecule has 0 spiro atoms. The second kappa shape index (κ2) is 7.66. The number of hydrogen-bond donors (Lipinski definition) is 1. The highest BCUT2D eigenvalue weighted by molar-refractivity contribution is 5.28. The van der Waals surface area contributed by atoms with Crippen LogP contribution in [0, 0.1) is 0 Å². The number of hydrogen-bond acceptors (Lipinski definition) is 4. The predicted octanol–water partition coefficient (Wildman–Crippen LogP) is 3.56. The van der Waals surface area contributed by atoms with E-state index in [1.165, 1.54) is 5.56 Å². The van der Waals surface area contributed by atoms with Crippen molar-refractivity contribution in [2.24, 2.45) is 5.73 Å². The molecule has 124 valence electrons. The van der Waals surface area contributed by atoms with E-state index in [4.69, 9.17) is 14.9 Å². The molecule has 0 unspecified atom stereocenters. The smallest absolute Gasteiger partial charge is 0.119 e. The van der Waals surface area contributed by atoms with Crippen LogP contribution >= 0.6 is 0 Å². The Morgan fingerprint density at radius 2 is 1.96 bits per heavy atom. The zero-order valence-electron chi connectivity index (χ0n) is 13.8. The normalized spacial score (nSPS) is 21.5. The summed E-state index contributed by atoms with van der Waals surface area (Å²) in [5, 5.41) is 0. The molecule has 0 saturated heterocycles. The van der Waals surface area contributed by atoms with Gasteiger partial charge >= 0.3 is 0 Å². The summed E-state index contributed by atoms with van der Waals surface area (Å²) in [7, 11) is 1.71. The number of furan rings is 1. The van der Waals surface area contributed by atoms with Crippen LogP contribution in [-0.2, 0) is 13.1 Å². The maximum Gasteiger partial charge on any atom is 0.119 e. The molecule has 0 aliphatic heterocycles. The SMILES string of the molecule is COc1cccc(CN(Cc2ccco2)C2CCC(N)CC2)c1. The van der Waals surface area contributed by atoms with Crippen LogP contribution in [0.1, 0.15) is 37.0 Å². The van der Waals surface area contributed by atoms with Crippen molar-refractivity contribution in [1.82, 2.24) is 4.90 Å². The Hall–Kier alpha value is -1.78. The van der Waals surface area contributed by atoms with Gasteiger partial charge < -0.3 is 14.9 Å². The van der Waals surface area contributed by atoms with E-state index < -0.39 is 0 Å². The second-order valence-electron chi connectivity index (χ2n) is 6.40. The first-order valence-corrected chi connectivity index (χ1v) is 8.39. The van der Waals surface area contributed by atoms with Crippen LogP contribution in [0.4, 0.5) is 0 Å². The third-order valence-electron chi connectivity index (χ3n) is 4.72. The fourth-order valence-electron chi connectivity index (χ4n) is 3.39. The Morgan fingerprint density at radius 1 is 1.13 bits per heavy atom. The minimum atomic E-state index is 0.369. The van der Waals surface area contributed by atoms with Gasteiger partial charge in [0.25, 0.3) is 0 Å². The molecule has 3 rings (SSSR count). The first kappa shape index (κ1) is 16.1. The van der Waals surface area contributed by atoms with Crippen LogP contribution in [0.5, 0.6) is 5.75 Å². The summed E-state index contributed by atoms with van der Waals surface area (Å²) >= 11 is 0. The van der Waals surface area contributed by atoms with E-state index in [2.05, 4.69) is 23.1 Å². The van der Waals surface area contributed by atoms with Crippen LogP contribution < -0.4 is 10.5 Å². The lowest BCUT2D eigenvalue weighted by atomic mass is 9.90. The Labute approximate surface area is 138 Å². The van der Waals surface area contributed by atoms with Crippen molar-refractivity contribution in [2.75, 3.05) is 7.11 Å². The van der Waals surface area contributed by atoms with Gasteiger partial charge in [0.15, 0.2) is 0 Å². The first-order chi connectivity index (χ1) is 11.2. The third-order valence-corrected chi connectivity index (χ3v) is 4.72. The largest absolute Gasteiger partial charge is 0.497 e. The quantitative estimate of drug-likeness (QED) is 0.886. The lowest BCUT2D eigenvalue weighted by Gasteiger charge is -2.35. The van der Waals surface area contributed by atoms with Gasteiger partial charge in [-0.05, 0) is 55.5 Å². The molecule has 4 heteroatoms. The van der Waals surface area contributed by atoms with E-state index in [9.17, 15) is 0 Å². The molecule has 1 aliphatic carbocycles. The molecule has 0 radical (unpaired) electrons. The van der Waals surface area contributed by atoms with Gasteiger partial charge in [-0.15, -0.1) is 0 Å². The van der Waals surface area contributed by atoms with Gasteiger partial charge in [0, 0.05) is 18.6 Å². The van der Waals surface area contributed by atoms with Crippen molar-refractivity contribution in [2.45, 2.75) is 50.9 Å². The monoisotopic (exact) mass is 314 g/mol. The Morgan fingerprint density at radius 3 is 2.65 bits per heavy atom. The van der Waals surface area contributed by atoms with E-state index >= 15 is 0 Å². The number of ether oxygens (including phenoxy) is 1. The fourth-order valence-corrected chi connectivity index (χ4v) is 3.39. The van der Waals surface area contributed by atoms with Crippen LogP contribution in [0.2, 0.25) is 0 Å². The van der Waals surface area contributed by atoms with E-state index in [0.717, 1.165) is 50.3 Å². The number of nitrogens with two attached hydrogens (primary N) is 1. The van der Waals surface area contributed by atoms with Crippen LogP contribution in [0.25, 0.3) is 0 Å². The molecule has 1 heterocycles. The first-order valence-electron chi connectivity index (χ1n) is 8.39. The van der Waals surface area contributed by atoms with E-state index in [1.54, 1.807) is 13.4 Å². The maximum absolute atomic E-state index is 6.07. The van der Waals surface area contributed by atoms with Gasteiger partial charge in [0.1, 0.15) is 11.5 Å². The van der Waals surface area contributed by atoms with E-state index in [1.807, 2.05) is 18.2 Å². The van der Waals surface area contributed by atoms with Crippen LogP contribution in [0.15, 0.2) is 47.1 Å². The minimum absolute atomic E-state index is 0.369. The van der Waals surface area contributed by atoms with Crippen LogP contribution in [0.3, 0.4) is 0 Å². The van der Waals surface area contributed by atoms with Crippen molar-refractivity contribution in [3.8, 4) is 5.75 Å². The van der Waals surface area contributed by atoms with E-state index in [0.29, 0.717) is 12.1 Å². The minimum Gasteiger partial charge on any atom is -0.497 e. The third kappa shape index (κ3) is 4.36. The molecule has 23 heavy (non-hydrogen) atoms.